The molecular formula is C8H10ClNO2S. The van der Waals surface area contributed by atoms with Crippen LogP contribution >= 0.6 is 22.9 Å². The fourth-order valence-corrected chi connectivity index (χ4v) is 1.64. The minimum Gasteiger partial charge on any atom is -0.481 e. The summed E-state index contributed by atoms with van der Waals surface area (Å²) in [6.07, 6.45) is 0. The number of anilines is 1. The van der Waals surface area contributed by atoms with E-state index in [1.807, 2.05) is 11.4 Å². The summed E-state index contributed by atoms with van der Waals surface area (Å²) in [4.78, 5) is 10.5. The first-order valence-corrected chi connectivity index (χ1v) is 5.06. The van der Waals surface area contributed by atoms with Gasteiger partial charge in [-0.2, -0.15) is 0 Å². The zero-order chi connectivity index (χ0) is 9.84. The maximum atomic E-state index is 10.5. The molecule has 0 saturated carbocycles. The van der Waals surface area contributed by atoms with Gasteiger partial charge in [-0.15, -0.1) is 11.3 Å². The SMILES string of the molecule is CC(CNc1ccsc1Cl)C(=O)O. The second-order valence-electron chi connectivity index (χ2n) is 2.73. The van der Waals surface area contributed by atoms with Gasteiger partial charge in [-0.25, -0.2) is 0 Å². The third kappa shape index (κ3) is 2.90. The number of carboxylic acid groups (broad SMARTS) is 1. The fourth-order valence-electron chi connectivity index (χ4n) is 0.770. The van der Waals surface area contributed by atoms with E-state index in [1.165, 1.54) is 11.3 Å². The number of aliphatic carboxylic acids is 1. The molecular weight excluding hydrogens is 210 g/mol. The first kappa shape index (κ1) is 10.3. The Kier molecular flexibility index (Phi) is 3.57. The van der Waals surface area contributed by atoms with Crippen molar-refractivity contribution in [2.45, 2.75) is 6.92 Å². The quantitative estimate of drug-likeness (QED) is 0.818. The zero-order valence-corrected chi connectivity index (χ0v) is 8.65. The summed E-state index contributed by atoms with van der Waals surface area (Å²) in [5.41, 5.74) is 0.805. The second-order valence-corrected chi connectivity index (χ2v) is 4.25. The van der Waals surface area contributed by atoms with Crippen LogP contribution in [0.4, 0.5) is 5.69 Å². The van der Waals surface area contributed by atoms with E-state index >= 15 is 0 Å². The lowest BCUT2D eigenvalue weighted by Gasteiger charge is -2.07. The summed E-state index contributed by atoms with van der Waals surface area (Å²) >= 11 is 7.23. The van der Waals surface area contributed by atoms with Crippen molar-refractivity contribution in [3.8, 4) is 0 Å². The molecule has 0 radical (unpaired) electrons. The molecule has 5 heteroatoms. The number of carboxylic acids is 1. The van der Waals surface area contributed by atoms with Crippen LogP contribution in [0.3, 0.4) is 0 Å². The number of nitrogens with one attached hydrogen (secondary N) is 1. The normalized spacial score (nSPS) is 12.5. The predicted octanol–water partition coefficient (Wildman–Crippen LogP) is 2.53. The minimum absolute atomic E-state index is 0.395. The van der Waals surface area contributed by atoms with E-state index in [9.17, 15) is 4.79 Å². The van der Waals surface area contributed by atoms with Gasteiger partial charge < -0.3 is 10.4 Å². The van der Waals surface area contributed by atoms with Gasteiger partial charge in [0.25, 0.3) is 0 Å². The van der Waals surface area contributed by atoms with Gasteiger partial charge in [0.15, 0.2) is 0 Å². The average molecular weight is 220 g/mol. The molecule has 0 aliphatic carbocycles. The third-order valence-electron chi connectivity index (χ3n) is 1.64. The molecule has 72 valence electrons. The molecule has 0 fully saturated rings. The number of thiophene rings is 1. The van der Waals surface area contributed by atoms with Crippen LogP contribution in [-0.4, -0.2) is 17.6 Å². The van der Waals surface area contributed by atoms with Crippen LogP contribution in [0.2, 0.25) is 4.34 Å². The van der Waals surface area contributed by atoms with Gasteiger partial charge in [-0.3, -0.25) is 4.79 Å². The van der Waals surface area contributed by atoms with Crippen molar-refractivity contribution < 1.29 is 9.90 Å². The van der Waals surface area contributed by atoms with Crippen molar-refractivity contribution in [3.05, 3.63) is 15.8 Å². The Morgan fingerprint density at radius 2 is 2.54 bits per heavy atom. The summed E-state index contributed by atoms with van der Waals surface area (Å²) in [5, 5.41) is 13.4. The highest BCUT2D eigenvalue weighted by Crippen LogP contribution is 2.27. The van der Waals surface area contributed by atoms with Crippen molar-refractivity contribution in [1.29, 1.82) is 0 Å². The van der Waals surface area contributed by atoms with Gasteiger partial charge in [0.2, 0.25) is 0 Å². The average Bonchev–Trinajstić information content (AvgIpc) is 2.47. The first-order valence-electron chi connectivity index (χ1n) is 3.81. The van der Waals surface area contributed by atoms with Crippen molar-refractivity contribution in [2.75, 3.05) is 11.9 Å². The predicted molar refractivity (Wildman–Crippen MR) is 54.6 cm³/mol. The van der Waals surface area contributed by atoms with Crippen molar-refractivity contribution in [1.82, 2.24) is 0 Å². The van der Waals surface area contributed by atoms with E-state index in [0.29, 0.717) is 10.9 Å². The highest BCUT2D eigenvalue weighted by atomic mass is 35.5. The topological polar surface area (TPSA) is 49.3 Å². The first-order chi connectivity index (χ1) is 6.11. The number of carbonyl (C=O) groups is 1. The van der Waals surface area contributed by atoms with Crippen LogP contribution in [0.25, 0.3) is 0 Å². The van der Waals surface area contributed by atoms with E-state index in [0.717, 1.165) is 5.69 Å². The van der Waals surface area contributed by atoms with E-state index in [-0.39, 0.29) is 0 Å². The monoisotopic (exact) mass is 219 g/mol. The molecule has 0 bridgehead atoms. The van der Waals surface area contributed by atoms with E-state index in [1.54, 1.807) is 6.92 Å². The van der Waals surface area contributed by atoms with E-state index in [2.05, 4.69) is 5.32 Å². The standard InChI is InChI=1S/C8H10ClNO2S/c1-5(8(11)12)4-10-6-2-3-13-7(6)9/h2-3,5,10H,4H2,1H3,(H,11,12). The summed E-state index contributed by atoms with van der Waals surface area (Å²) < 4.78 is 0.664. The largest absolute Gasteiger partial charge is 0.481 e. The van der Waals surface area contributed by atoms with Crippen LogP contribution in [0.1, 0.15) is 6.92 Å². The Bertz CT molecular complexity index is 300. The molecule has 0 aliphatic rings. The number of rotatable bonds is 4. The van der Waals surface area contributed by atoms with Gasteiger partial charge in [0.05, 0.1) is 11.6 Å². The number of halogens is 1. The van der Waals surface area contributed by atoms with E-state index in [4.69, 9.17) is 16.7 Å². The fraction of sp³-hybridized carbons (Fsp3) is 0.375. The summed E-state index contributed by atoms with van der Waals surface area (Å²) in [7, 11) is 0. The molecule has 13 heavy (non-hydrogen) atoms. The minimum atomic E-state index is -0.807. The molecule has 0 spiro atoms. The molecule has 0 saturated heterocycles. The van der Waals surface area contributed by atoms with Crippen molar-refractivity contribution in [3.63, 3.8) is 0 Å². The molecule has 1 aromatic heterocycles. The highest BCUT2D eigenvalue weighted by molar-refractivity contribution is 7.15. The second kappa shape index (κ2) is 4.48. The maximum Gasteiger partial charge on any atom is 0.308 e. The zero-order valence-electron chi connectivity index (χ0n) is 7.08. The van der Waals surface area contributed by atoms with Crippen LogP contribution in [0.15, 0.2) is 11.4 Å². The van der Waals surface area contributed by atoms with Crippen LogP contribution in [0, 0.1) is 5.92 Å². The van der Waals surface area contributed by atoms with Gasteiger partial charge in [-0.05, 0) is 11.4 Å². The summed E-state index contributed by atoms with van der Waals surface area (Å²) in [5.74, 6) is -1.21. The van der Waals surface area contributed by atoms with Gasteiger partial charge >= 0.3 is 5.97 Å². The van der Waals surface area contributed by atoms with Gasteiger partial charge in [-0.1, -0.05) is 18.5 Å². The molecule has 1 unspecified atom stereocenters. The van der Waals surface area contributed by atoms with Crippen molar-refractivity contribution in [2.24, 2.45) is 5.92 Å². The summed E-state index contributed by atoms with van der Waals surface area (Å²) in [6.45, 7) is 2.04. The van der Waals surface area contributed by atoms with Crippen LogP contribution in [-0.2, 0) is 4.79 Å². The lowest BCUT2D eigenvalue weighted by molar-refractivity contribution is -0.140. The molecule has 0 amide bonds. The third-order valence-corrected chi connectivity index (χ3v) is 2.81. The smallest absolute Gasteiger partial charge is 0.308 e. The highest BCUT2D eigenvalue weighted by Gasteiger charge is 2.10. The molecule has 1 rings (SSSR count). The van der Waals surface area contributed by atoms with Crippen molar-refractivity contribution >= 4 is 34.6 Å². The van der Waals surface area contributed by atoms with Crippen LogP contribution in [0.5, 0.6) is 0 Å². The molecule has 1 aromatic rings. The molecule has 0 aliphatic heterocycles. The molecule has 1 heterocycles. The Balaban J connectivity index is 2.44. The number of hydrogen-bond donors (Lipinski definition) is 2. The Morgan fingerprint density at radius 3 is 3.00 bits per heavy atom. The van der Waals surface area contributed by atoms with Gasteiger partial charge in [0.1, 0.15) is 4.34 Å². The molecule has 1 atom stereocenters. The molecule has 0 aromatic carbocycles. The lowest BCUT2D eigenvalue weighted by Crippen LogP contribution is -2.19. The van der Waals surface area contributed by atoms with E-state index < -0.39 is 11.9 Å². The molecule has 3 nitrogen and oxygen atoms in total. The Morgan fingerprint density at radius 1 is 1.85 bits per heavy atom. The maximum absolute atomic E-state index is 10.5. The Hall–Kier alpha value is -0.740. The molecule has 2 N–H and O–H groups in total. The lowest BCUT2D eigenvalue weighted by atomic mass is 10.2. The van der Waals surface area contributed by atoms with Crippen LogP contribution < -0.4 is 5.32 Å². The van der Waals surface area contributed by atoms with Gasteiger partial charge in [0, 0.05) is 6.54 Å². The summed E-state index contributed by atoms with van der Waals surface area (Å²) in [6, 6.07) is 1.83. The number of hydrogen-bond acceptors (Lipinski definition) is 3. The Labute approximate surface area is 85.3 Å².